The molecule has 0 saturated carbocycles. The summed E-state index contributed by atoms with van der Waals surface area (Å²) in [7, 11) is 0. The fraction of sp³-hybridized carbons (Fsp3) is 0.538. The summed E-state index contributed by atoms with van der Waals surface area (Å²) in [6.45, 7) is 5.62. The molecule has 0 aromatic heterocycles. The summed E-state index contributed by atoms with van der Waals surface area (Å²) in [6.07, 6.45) is 0. The lowest BCUT2D eigenvalue weighted by Gasteiger charge is -2.44. The molecule has 0 amide bonds. The maximum Gasteiger partial charge on any atom is 0.123 e. The van der Waals surface area contributed by atoms with Crippen LogP contribution in [0.2, 0.25) is 0 Å². The van der Waals surface area contributed by atoms with Crippen LogP contribution in [0, 0.1) is 17.7 Å². The number of nitrogens with one attached hydrogen (secondary N) is 1. The van der Waals surface area contributed by atoms with E-state index in [1.54, 1.807) is 12.1 Å². The van der Waals surface area contributed by atoms with E-state index in [0.29, 0.717) is 0 Å². The molecule has 1 aromatic carbocycles. The van der Waals surface area contributed by atoms with E-state index in [2.05, 4.69) is 5.32 Å². The lowest BCUT2D eigenvalue weighted by molar-refractivity contribution is -0.0807. The zero-order valence-corrected chi connectivity index (χ0v) is 9.70. The van der Waals surface area contributed by atoms with Gasteiger partial charge in [0.2, 0.25) is 0 Å². The Morgan fingerprint density at radius 2 is 1.69 bits per heavy atom. The number of rotatable bonds is 1. The fourth-order valence-corrected chi connectivity index (χ4v) is 2.60. The van der Waals surface area contributed by atoms with E-state index >= 15 is 0 Å². The van der Waals surface area contributed by atoms with Gasteiger partial charge in [-0.05, 0) is 17.7 Å². The minimum atomic E-state index is -0.848. The Balaban J connectivity index is 2.38. The van der Waals surface area contributed by atoms with Crippen molar-refractivity contribution in [1.82, 2.24) is 5.32 Å². The first-order valence-electron chi connectivity index (χ1n) is 5.74. The van der Waals surface area contributed by atoms with Crippen LogP contribution in [0.3, 0.4) is 0 Å². The highest BCUT2D eigenvalue weighted by molar-refractivity contribution is 5.25. The Morgan fingerprint density at radius 3 is 2.19 bits per heavy atom. The number of hydrogen-bond donors (Lipinski definition) is 2. The van der Waals surface area contributed by atoms with Gasteiger partial charge in [0.05, 0.1) is 5.60 Å². The third-order valence-corrected chi connectivity index (χ3v) is 3.71. The molecule has 0 unspecified atom stereocenters. The zero-order chi connectivity index (χ0) is 11.8. The van der Waals surface area contributed by atoms with Crippen LogP contribution in [0.1, 0.15) is 19.4 Å². The molecule has 1 aliphatic rings. The van der Waals surface area contributed by atoms with Crippen molar-refractivity contribution in [2.45, 2.75) is 19.4 Å². The molecule has 2 nitrogen and oxygen atoms in total. The Morgan fingerprint density at radius 1 is 1.19 bits per heavy atom. The van der Waals surface area contributed by atoms with Gasteiger partial charge in [0.25, 0.3) is 0 Å². The molecule has 1 aromatic rings. The SMILES string of the molecule is C[C@@H]1CNC[C@H](C)[C@@]1(O)c1ccc(F)cc1. The maximum atomic E-state index is 12.9. The van der Waals surface area contributed by atoms with Crippen LogP contribution < -0.4 is 5.32 Å². The third-order valence-electron chi connectivity index (χ3n) is 3.71. The van der Waals surface area contributed by atoms with Crippen LogP contribution in [0.5, 0.6) is 0 Å². The molecule has 0 spiro atoms. The second-order valence-corrected chi connectivity index (χ2v) is 4.79. The van der Waals surface area contributed by atoms with E-state index < -0.39 is 5.60 Å². The van der Waals surface area contributed by atoms with Crippen LogP contribution >= 0.6 is 0 Å². The van der Waals surface area contributed by atoms with Crippen molar-refractivity contribution in [3.05, 3.63) is 35.6 Å². The molecule has 88 valence electrons. The standard InChI is InChI=1S/C13H18FNO/c1-9-7-15-8-10(2)13(9,16)11-3-5-12(14)6-4-11/h3-6,9-10,15-16H,7-8H2,1-2H3/t9-,10+,13-. The molecule has 3 atom stereocenters. The monoisotopic (exact) mass is 223 g/mol. The van der Waals surface area contributed by atoms with Gasteiger partial charge in [-0.25, -0.2) is 4.39 Å². The molecule has 1 heterocycles. The van der Waals surface area contributed by atoms with E-state index in [-0.39, 0.29) is 17.7 Å². The molecule has 2 N–H and O–H groups in total. The minimum Gasteiger partial charge on any atom is -0.385 e. The summed E-state index contributed by atoms with van der Waals surface area (Å²) in [6, 6.07) is 6.20. The second-order valence-electron chi connectivity index (χ2n) is 4.79. The van der Waals surface area contributed by atoms with E-state index in [0.717, 1.165) is 18.7 Å². The van der Waals surface area contributed by atoms with E-state index in [1.165, 1.54) is 12.1 Å². The van der Waals surface area contributed by atoms with Gasteiger partial charge < -0.3 is 10.4 Å². The second kappa shape index (κ2) is 4.15. The van der Waals surface area contributed by atoms with Crippen molar-refractivity contribution in [1.29, 1.82) is 0 Å². The van der Waals surface area contributed by atoms with Gasteiger partial charge in [-0.15, -0.1) is 0 Å². The topological polar surface area (TPSA) is 32.3 Å². The molecular formula is C13H18FNO. The lowest BCUT2D eigenvalue weighted by atomic mass is 9.71. The van der Waals surface area contributed by atoms with Gasteiger partial charge in [0.15, 0.2) is 0 Å². The van der Waals surface area contributed by atoms with Gasteiger partial charge in [0.1, 0.15) is 5.82 Å². The van der Waals surface area contributed by atoms with Gasteiger partial charge in [0, 0.05) is 24.9 Å². The maximum absolute atomic E-state index is 12.9. The van der Waals surface area contributed by atoms with Crippen LogP contribution in [0.15, 0.2) is 24.3 Å². The highest BCUT2D eigenvalue weighted by Crippen LogP contribution is 2.38. The predicted octanol–water partition coefficient (Wildman–Crippen LogP) is 1.89. The van der Waals surface area contributed by atoms with Crippen molar-refractivity contribution < 1.29 is 9.50 Å². The molecule has 3 heteroatoms. The van der Waals surface area contributed by atoms with Crippen molar-refractivity contribution in [2.75, 3.05) is 13.1 Å². The first-order chi connectivity index (χ1) is 7.55. The molecule has 1 aliphatic heterocycles. The quantitative estimate of drug-likeness (QED) is 0.762. The molecule has 0 aliphatic carbocycles. The normalized spacial score (nSPS) is 35.0. The number of aliphatic hydroxyl groups is 1. The Kier molecular flexibility index (Phi) is 3.00. The van der Waals surface area contributed by atoms with E-state index in [9.17, 15) is 9.50 Å². The number of piperidine rings is 1. The van der Waals surface area contributed by atoms with E-state index in [1.807, 2.05) is 13.8 Å². The van der Waals surface area contributed by atoms with Crippen molar-refractivity contribution in [3.63, 3.8) is 0 Å². The molecule has 2 rings (SSSR count). The first-order valence-corrected chi connectivity index (χ1v) is 5.74. The summed E-state index contributed by atoms with van der Waals surface area (Å²) in [5.41, 5.74) is -0.0331. The van der Waals surface area contributed by atoms with Crippen molar-refractivity contribution >= 4 is 0 Å². The Hall–Kier alpha value is -0.930. The smallest absolute Gasteiger partial charge is 0.123 e. The van der Waals surface area contributed by atoms with Crippen LogP contribution in [0.25, 0.3) is 0 Å². The van der Waals surface area contributed by atoms with Crippen molar-refractivity contribution in [3.8, 4) is 0 Å². The van der Waals surface area contributed by atoms with Crippen molar-refractivity contribution in [2.24, 2.45) is 11.8 Å². The first kappa shape index (κ1) is 11.6. The molecule has 0 radical (unpaired) electrons. The lowest BCUT2D eigenvalue weighted by Crippen LogP contribution is -2.52. The third kappa shape index (κ3) is 1.74. The largest absolute Gasteiger partial charge is 0.385 e. The molecule has 1 saturated heterocycles. The van der Waals surface area contributed by atoms with Gasteiger partial charge in [-0.1, -0.05) is 26.0 Å². The minimum absolute atomic E-state index is 0.127. The number of benzene rings is 1. The average Bonchev–Trinajstić information content (AvgIpc) is 2.27. The molecule has 16 heavy (non-hydrogen) atoms. The Bertz CT molecular complexity index is 353. The van der Waals surface area contributed by atoms with Crippen LogP contribution in [-0.2, 0) is 5.60 Å². The molecule has 1 fully saturated rings. The van der Waals surface area contributed by atoms with Gasteiger partial charge >= 0.3 is 0 Å². The summed E-state index contributed by atoms with van der Waals surface area (Å²) in [5.74, 6) is -0.00925. The van der Waals surface area contributed by atoms with Gasteiger partial charge in [-0.3, -0.25) is 0 Å². The summed E-state index contributed by atoms with van der Waals surface area (Å²) in [4.78, 5) is 0. The summed E-state index contributed by atoms with van der Waals surface area (Å²) >= 11 is 0. The van der Waals surface area contributed by atoms with Crippen LogP contribution in [0.4, 0.5) is 4.39 Å². The molecule has 0 bridgehead atoms. The van der Waals surface area contributed by atoms with Crippen LogP contribution in [-0.4, -0.2) is 18.2 Å². The zero-order valence-electron chi connectivity index (χ0n) is 9.70. The van der Waals surface area contributed by atoms with Gasteiger partial charge in [-0.2, -0.15) is 0 Å². The number of hydrogen-bond acceptors (Lipinski definition) is 2. The highest BCUT2D eigenvalue weighted by Gasteiger charge is 2.43. The fourth-order valence-electron chi connectivity index (χ4n) is 2.60. The van der Waals surface area contributed by atoms with E-state index in [4.69, 9.17) is 0 Å². The summed E-state index contributed by atoms with van der Waals surface area (Å²) < 4.78 is 12.9. The molecular weight excluding hydrogens is 205 g/mol. The summed E-state index contributed by atoms with van der Waals surface area (Å²) in [5, 5.41) is 14.1. The predicted molar refractivity (Wildman–Crippen MR) is 61.5 cm³/mol. The highest BCUT2D eigenvalue weighted by atomic mass is 19.1. The Labute approximate surface area is 95.5 Å². The average molecular weight is 223 g/mol. The number of halogens is 1.